The minimum Gasteiger partial charge on any atom is -0.497 e. The van der Waals surface area contributed by atoms with Gasteiger partial charge < -0.3 is 9.47 Å². The average molecular weight is 477 g/mol. The minimum absolute atomic E-state index is 0.345. The lowest BCUT2D eigenvalue weighted by Crippen LogP contribution is -2.32. The molecule has 0 aliphatic carbocycles. The summed E-state index contributed by atoms with van der Waals surface area (Å²) in [4.78, 5) is 12.7. The Kier molecular flexibility index (Phi) is 7.31. The molecular formula is C21H24N4O5S2. The molecule has 0 fully saturated rings. The molecule has 9 nitrogen and oxygen atoms in total. The first-order valence-corrected chi connectivity index (χ1v) is 12.4. The van der Waals surface area contributed by atoms with Gasteiger partial charge in [0.05, 0.1) is 19.1 Å². The van der Waals surface area contributed by atoms with Crippen molar-refractivity contribution in [1.82, 2.24) is 10.2 Å². The third kappa shape index (κ3) is 5.74. The Balaban J connectivity index is 1.64. The number of anilines is 2. The quantitative estimate of drug-likeness (QED) is 0.504. The van der Waals surface area contributed by atoms with Crippen molar-refractivity contribution >= 4 is 38.1 Å². The van der Waals surface area contributed by atoms with E-state index < -0.39 is 16.1 Å². The van der Waals surface area contributed by atoms with Crippen LogP contribution in [0.4, 0.5) is 10.8 Å². The summed E-state index contributed by atoms with van der Waals surface area (Å²) in [6, 6.07) is 13.9. The van der Waals surface area contributed by atoms with Crippen LogP contribution < -0.4 is 19.1 Å². The molecular weight excluding hydrogens is 452 g/mol. The van der Waals surface area contributed by atoms with Crippen LogP contribution in [0.25, 0.3) is 10.6 Å². The topological polar surface area (TPSA) is 111 Å². The molecule has 0 aliphatic rings. The number of nitrogens with one attached hydrogen (secondary N) is 1. The van der Waals surface area contributed by atoms with E-state index >= 15 is 0 Å². The van der Waals surface area contributed by atoms with E-state index in [0.29, 0.717) is 28.0 Å². The number of aromatic nitrogens is 2. The van der Waals surface area contributed by atoms with Crippen LogP contribution >= 0.6 is 11.3 Å². The predicted molar refractivity (Wildman–Crippen MR) is 125 cm³/mol. The van der Waals surface area contributed by atoms with Crippen molar-refractivity contribution in [3.05, 3.63) is 48.5 Å². The summed E-state index contributed by atoms with van der Waals surface area (Å²) >= 11 is 1.26. The number of hydrogen-bond acceptors (Lipinski definition) is 8. The number of rotatable bonds is 9. The number of amides is 1. The van der Waals surface area contributed by atoms with Crippen LogP contribution in [0.15, 0.2) is 48.5 Å². The van der Waals surface area contributed by atoms with Crippen LogP contribution in [0.1, 0.15) is 13.3 Å². The van der Waals surface area contributed by atoms with Crippen molar-refractivity contribution < 1.29 is 22.7 Å². The number of methoxy groups -OCH3 is 1. The zero-order valence-corrected chi connectivity index (χ0v) is 19.7. The highest BCUT2D eigenvalue weighted by Crippen LogP contribution is 2.28. The summed E-state index contributed by atoms with van der Waals surface area (Å²) in [5.41, 5.74) is 1.36. The number of sulfonamides is 1. The molecule has 1 heterocycles. The predicted octanol–water partition coefficient (Wildman–Crippen LogP) is 3.41. The van der Waals surface area contributed by atoms with Gasteiger partial charge in [-0.2, -0.15) is 0 Å². The fourth-order valence-electron chi connectivity index (χ4n) is 2.72. The first kappa shape index (κ1) is 23.5. The first-order chi connectivity index (χ1) is 15.2. The van der Waals surface area contributed by atoms with Gasteiger partial charge in [-0.05, 0) is 55.0 Å². The van der Waals surface area contributed by atoms with Gasteiger partial charge in [0.1, 0.15) is 16.5 Å². The highest BCUT2D eigenvalue weighted by atomic mass is 32.2. The number of benzene rings is 2. The Morgan fingerprint density at radius 1 is 1.09 bits per heavy atom. The molecule has 3 aromatic rings. The van der Waals surface area contributed by atoms with Gasteiger partial charge in [-0.15, -0.1) is 10.2 Å². The molecule has 0 unspecified atom stereocenters. The third-order valence-electron chi connectivity index (χ3n) is 4.63. The maximum atomic E-state index is 12.7. The van der Waals surface area contributed by atoms with Gasteiger partial charge in [-0.3, -0.25) is 14.4 Å². The second-order valence-corrected chi connectivity index (χ2v) is 9.86. The number of carbonyl (C=O) groups excluding carboxylic acids is 1. The van der Waals surface area contributed by atoms with Gasteiger partial charge in [0.25, 0.3) is 5.91 Å². The molecule has 1 amide bonds. The van der Waals surface area contributed by atoms with Crippen LogP contribution in [0.2, 0.25) is 0 Å². The standard InChI is InChI=1S/C21H24N4O5S2/c1-5-18(30-17-12-8-15(9-13-17)25(2)32(4,27)28)19(26)22-21-24-23-20(31-21)14-6-10-16(29-3)11-7-14/h6-13,18H,5H2,1-4H3,(H,22,24,26)/t18-/m0/s1. The number of nitrogens with zero attached hydrogens (tertiary/aromatic N) is 3. The maximum Gasteiger partial charge on any atom is 0.267 e. The zero-order chi connectivity index (χ0) is 23.3. The van der Waals surface area contributed by atoms with E-state index in [4.69, 9.17) is 9.47 Å². The normalized spacial score (nSPS) is 12.1. The summed E-state index contributed by atoms with van der Waals surface area (Å²) in [6.07, 6.45) is 0.811. The SMILES string of the molecule is CC[C@H](Oc1ccc(N(C)S(C)(=O)=O)cc1)C(=O)Nc1nnc(-c2ccc(OC)cc2)s1. The fourth-order valence-corrected chi connectivity index (χ4v) is 3.98. The van der Waals surface area contributed by atoms with Crippen LogP contribution in [0.5, 0.6) is 11.5 Å². The van der Waals surface area contributed by atoms with Gasteiger partial charge in [-0.25, -0.2) is 8.42 Å². The Morgan fingerprint density at radius 2 is 1.72 bits per heavy atom. The van der Waals surface area contributed by atoms with E-state index in [1.165, 1.54) is 18.4 Å². The third-order valence-corrected chi connectivity index (χ3v) is 6.72. The van der Waals surface area contributed by atoms with Gasteiger partial charge in [0.2, 0.25) is 15.2 Å². The molecule has 11 heteroatoms. The summed E-state index contributed by atoms with van der Waals surface area (Å²) in [5, 5.41) is 12.0. The van der Waals surface area contributed by atoms with Crippen molar-refractivity contribution in [2.45, 2.75) is 19.4 Å². The molecule has 0 radical (unpaired) electrons. The first-order valence-electron chi connectivity index (χ1n) is 9.70. The molecule has 1 atom stereocenters. The van der Waals surface area contributed by atoms with Crippen molar-refractivity contribution in [3.63, 3.8) is 0 Å². The van der Waals surface area contributed by atoms with Crippen LogP contribution in [0.3, 0.4) is 0 Å². The lowest BCUT2D eigenvalue weighted by Gasteiger charge is -2.19. The molecule has 0 saturated heterocycles. The van der Waals surface area contributed by atoms with E-state index in [0.717, 1.165) is 21.9 Å². The Morgan fingerprint density at radius 3 is 2.28 bits per heavy atom. The molecule has 0 bridgehead atoms. The van der Waals surface area contributed by atoms with E-state index in [1.807, 2.05) is 31.2 Å². The summed E-state index contributed by atoms with van der Waals surface area (Å²) in [5.74, 6) is 0.849. The second-order valence-electron chi connectivity index (χ2n) is 6.87. The molecule has 3 rings (SSSR count). The molecule has 0 spiro atoms. The lowest BCUT2D eigenvalue weighted by molar-refractivity contribution is -0.122. The maximum absolute atomic E-state index is 12.7. The number of ether oxygens (including phenoxy) is 2. The number of carbonyl (C=O) groups is 1. The van der Waals surface area contributed by atoms with Crippen molar-refractivity contribution in [2.75, 3.05) is 30.0 Å². The Hall–Kier alpha value is -3.18. The van der Waals surface area contributed by atoms with Crippen molar-refractivity contribution in [2.24, 2.45) is 0 Å². The molecule has 2 aromatic carbocycles. The highest BCUT2D eigenvalue weighted by Gasteiger charge is 2.21. The molecule has 1 N–H and O–H groups in total. The molecule has 1 aromatic heterocycles. The van der Waals surface area contributed by atoms with E-state index in [9.17, 15) is 13.2 Å². The Labute approximate surface area is 191 Å². The molecule has 170 valence electrons. The van der Waals surface area contributed by atoms with Gasteiger partial charge in [0.15, 0.2) is 6.10 Å². The summed E-state index contributed by atoms with van der Waals surface area (Å²) in [6.45, 7) is 1.83. The smallest absolute Gasteiger partial charge is 0.267 e. The Bertz CT molecular complexity index is 1160. The van der Waals surface area contributed by atoms with Crippen LogP contribution in [-0.4, -0.2) is 51.0 Å². The van der Waals surface area contributed by atoms with E-state index in [1.54, 1.807) is 31.4 Å². The monoisotopic (exact) mass is 476 g/mol. The number of hydrogen-bond donors (Lipinski definition) is 1. The van der Waals surface area contributed by atoms with E-state index in [2.05, 4.69) is 15.5 Å². The molecule has 0 aliphatic heterocycles. The lowest BCUT2D eigenvalue weighted by atomic mass is 10.2. The van der Waals surface area contributed by atoms with Gasteiger partial charge >= 0.3 is 0 Å². The van der Waals surface area contributed by atoms with Gasteiger partial charge in [0, 0.05) is 12.6 Å². The zero-order valence-electron chi connectivity index (χ0n) is 18.1. The van der Waals surface area contributed by atoms with Crippen molar-refractivity contribution in [1.29, 1.82) is 0 Å². The summed E-state index contributed by atoms with van der Waals surface area (Å²) in [7, 11) is -0.288. The molecule has 0 saturated carbocycles. The summed E-state index contributed by atoms with van der Waals surface area (Å²) < 4.78 is 35.4. The highest BCUT2D eigenvalue weighted by molar-refractivity contribution is 7.92. The van der Waals surface area contributed by atoms with E-state index in [-0.39, 0.29) is 5.91 Å². The van der Waals surface area contributed by atoms with Crippen LogP contribution in [-0.2, 0) is 14.8 Å². The minimum atomic E-state index is -3.36. The van der Waals surface area contributed by atoms with Crippen LogP contribution in [0, 0.1) is 0 Å². The average Bonchev–Trinajstić information content (AvgIpc) is 3.25. The second kappa shape index (κ2) is 9.96. The van der Waals surface area contributed by atoms with Crippen molar-refractivity contribution in [3.8, 4) is 22.1 Å². The van der Waals surface area contributed by atoms with Gasteiger partial charge in [-0.1, -0.05) is 18.3 Å². The fraction of sp³-hybridized carbons (Fsp3) is 0.286. The largest absolute Gasteiger partial charge is 0.497 e. The molecule has 32 heavy (non-hydrogen) atoms.